The molecular weight excluding hydrogens is 296 g/mol. The number of ether oxygens (including phenoxy) is 3. The van der Waals surface area contributed by atoms with Crippen molar-refractivity contribution >= 4 is 17.8 Å². The highest BCUT2D eigenvalue weighted by atomic mass is 32.2. The van der Waals surface area contributed by atoms with Crippen LogP contribution in [0, 0.1) is 0 Å². The summed E-state index contributed by atoms with van der Waals surface area (Å²) in [7, 11) is 1.66. The quantitative estimate of drug-likeness (QED) is 0.759. The molecule has 4 heteroatoms. The summed E-state index contributed by atoms with van der Waals surface area (Å²) < 4.78 is 17.3. The molecular formula is C18H18O3S. The van der Waals surface area contributed by atoms with Gasteiger partial charge in [0.05, 0.1) is 7.11 Å². The minimum atomic E-state index is -0.229. The largest absolute Gasteiger partial charge is 0.497 e. The van der Waals surface area contributed by atoms with Crippen LogP contribution in [0.4, 0.5) is 0 Å². The Morgan fingerprint density at radius 2 is 1.86 bits per heavy atom. The van der Waals surface area contributed by atoms with E-state index in [1.54, 1.807) is 18.9 Å². The molecule has 0 aromatic heterocycles. The van der Waals surface area contributed by atoms with Crippen molar-refractivity contribution in [3.8, 4) is 11.5 Å². The molecule has 3 rings (SSSR count). The van der Waals surface area contributed by atoms with Crippen molar-refractivity contribution in [3.63, 3.8) is 0 Å². The molecule has 0 bridgehead atoms. The zero-order chi connectivity index (χ0) is 15.4. The molecule has 0 spiro atoms. The van der Waals surface area contributed by atoms with Crippen LogP contribution in [-0.2, 0) is 4.74 Å². The van der Waals surface area contributed by atoms with E-state index in [-0.39, 0.29) is 6.10 Å². The minimum Gasteiger partial charge on any atom is -0.497 e. The molecule has 0 fully saturated rings. The van der Waals surface area contributed by atoms with Crippen LogP contribution in [0.15, 0.2) is 54.3 Å². The van der Waals surface area contributed by atoms with Gasteiger partial charge in [-0.15, -0.1) is 11.8 Å². The fraction of sp³-hybridized carbons (Fsp3) is 0.222. The van der Waals surface area contributed by atoms with E-state index in [0.717, 1.165) is 28.4 Å². The lowest BCUT2D eigenvalue weighted by Crippen LogP contribution is -2.16. The van der Waals surface area contributed by atoms with Gasteiger partial charge < -0.3 is 14.2 Å². The Morgan fingerprint density at radius 1 is 1.09 bits per heavy atom. The molecule has 1 heterocycles. The molecule has 0 saturated heterocycles. The SMILES string of the molecule is COc1ccc(C2Oc3ccccc3C=C2OCSC)cc1. The average Bonchev–Trinajstić information content (AvgIpc) is 2.59. The molecule has 1 atom stereocenters. The van der Waals surface area contributed by atoms with Crippen LogP contribution >= 0.6 is 11.8 Å². The Bertz CT molecular complexity index is 664. The van der Waals surface area contributed by atoms with Crippen molar-refractivity contribution in [2.75, 3.05) is 19.3 Å². The molecule has 2 aromatic carbocycles. The molecule has 1 unspecified atom stereocenters. The molecule has 114 valence electrons. The average molecular weight is 314 g/mol. The highest BCUT2D eigenvalue weighted by Crippen LogP contribution is 2.38. The van der Waals surface area contributed by atoms with E-state index in [1.165, 1.54) is 0 Å². The Kier molecular flexibility index (Phi) is 4.59. The molecule has 0 radical (unpaired) electrons. The Hall–Kier alpha value is -2.07. The van der Waals surface area contributed by atoms with Crippen molar-refractivity contribution in [3.05, 3.63) is 65.4 Å². The van der Waals surface area contributed by atoms with Crippen molar-refractivity contribution in [2.45, 2.75) is 6.10 Å². The van der Waals surface area contributed by atoms with Crippen LogP contribution in [0.5, 0.6) is 11.5 Å². The molecule has 0 N–H and O–H groups in total. The van der Waals surface area contributed by atoms with Gasteiger partial charge in [-0.1, -0.05) is 30.3 Å². The monoisotopic (exact) mass is 314 g/mol. The highest BCUT2D eigenvalue weighted by Gasteiger charge is 2.25. The van der Waals surface area contributed by atoms with Gasteiger partial charge in [0, 0.05) is 11.1 Å². The van der Waals surface area contributed by atoms with E-state index in [9.17, 15) is 0 Å². The number of thioether (sulfide) groups is 1. The lowest BCUT2D eigenvalue weighted by atomic mass is 10.0. The third-order valence-electron chi connectivity index (χ3n) is 3.48. The van der Waals surface area contributed by atoms with E-state index in [4.69, 9.17) is 14.2 Å². The summed E-state index contributed by atoms with van der Waals surface area (Å²) in [6.45, 7) is 0. The molecule has 22 heavy (non-hydrogen) atoms. The summed E-state index contributed by atoms with van der Waals surface area (Å²) >= 11 is 1.64. The molecule has 0 aliphatic carbocycles. The number of hydrogen-bond acceptors (Lipinski definition) is 4. The number of hydrogen-bond donors (Lipinski definition) is 0. The first-order valence-corrected chi connectivity index (χ1v) is 8.44. The van der Waals surface area contributed by atoms with Gasteiger partial charge in [0.15, 0.2) is 6.10 Å². The minimum absolute atomic E-state index is 0.229. The summed E-state index contributed by atoms with van der Waals surface area (Å²) in [6.07, 6.45) is 3.85. The van der Waals surface area contributed by atoms with Gasteiger partial charge in [-0.2, -0.15) is 0 Å². The fourth-order valence-electron chi connectivity index (χ4n) is 2.38. The number of fused-ring (bicyclic) bond motifs is 1. The Morgan fingerprint density at radius 3 is 2.59 bits per heavy atom. The summed E-state index contributed by atoms with van der Waals surface area (Å²) in [5, 5.41) is 0. The van der Waals surface area contributed by atoms with Crippen LogP contribution in [-0.4, -0.2) is 19.3 Å². The molecule has 3 nitrogen and oxygen atoms in total. The second-order valence-electron chi connectivity index (χ2n) is 4.91. The number of benzene rings is 2. The van der Waals surface area contributed by atoms with Crippen molar-refractivity contribution in [2.24, 2.45) is 0 Å². The van der Waals surface area contributed by atoms with Crippen LogP contribution in [0.3, 0.4) is 0 Å². The molecule has 0 amide bonds. The summed E-state index contributed by atoms with van der Waals surface area (Å²) in [4.78, 5) is 0. The lowest BCUT2D eigenvalue weighted by Gasteiger charge is -2.27. The van der Waals surface area contributed by atoms with Crippen molar-refractivity contribution < 1.29 is 14.2 Å². The Labute approximate surface area is 134 Å². The van der Waals surface area contributed by atoms with Gasteiger partial charge in [-0.25, -0.2) is 0 Å². The summed E-state index contributed by atoms with van der Waals surface area (Å²) in [5.74, 6) is 3.14. The standard InChI is InChI=1S/C18H18O3S/c1-19-15-9-7-13(8-10-15)18-17(20-12-22-2)11-14-5-3-4-6-16(14)21-18/h3-11,18H,12H2,1-2H3. The summed E-state index contributed by atoms with van der Waals surface area (Å²) in [5.41, 5.74) is 2.09. The second-order valence-corrected chi connectivity index (χ2v) is 5.72. The van der Waals surface area contributed by atoms with Crippen LogP contribution in [0.1, 0.15) is 17.2 Å². The zero-order valence-corrected chi connectivity index (χ0v) is 13.4. The van der Waals surface area contributed by atoms with Crippen LogP contribution < -0.4 is 9.47 Å². The van der Waals surface area contributed by atoms with Crippen molar-refractivity contribution in [1.29, 1.82) is 0 Å². The van der Waals surface area contributed by atoms with Crippen LogP contribution in [0.2, 0.25) is 0 Å². The maximum absolute atomic E-state index is 6.16. The maximum atomic E-state index is 6.16. The first kappa shape index (κ1) is 14.9. The third kappa shape index (κ3) is 3.07. The smallest absolute Gasteiger partial charge is 0.180 e. The van der Waals surface area contributed by atoms with Gasteiger partial charge in [0.25, 0.3) is 0 Å². The van der Waals surface area contributed by atoms with Crippen LogP contribution in [0.25, 0.3) is 6.08 Å². The van der Waals surface area contributed by atoms with E-state index < -0.39 is 0 Å². The van der Waals surface area contributed by atoms with Gasteiger partial charge in [-0.05, 0) is 30.5 Å². The van der Waals surface area contributed by atoms with E-state index in [0.29, 0.717) is 5.94 Å². The third-order valence-corrected chi connectivity index (χ3v) is 3.84. The lowest BCUT2D eigenvalue weighted by molar-refractivity contribution is 0.139. The second kappa shape index (κ2) is 6.79. The van der Waals surface area contributed by atoms with Crippen molar-refractivity contribution in [1.82, 2.24) is 0 Å². The topological polar surface area (TPSA) is 27.7 Å². The molecule has 0 saturated carbocycles. The van der Waals surface area contributed by atoms with Gasteiger partial charge in [0.1, 0.15) is 23.2 Å². The van der Waals surface area contributed by atoms with Gasteiger partial charge >= 0.3 is 0 Å². The number of para-hydroxylation sites is 1. The zero-order valence-electron chi connectivity index (χ0n) is 12.6. The van der Waals surface area contributed by atoms with E-state index in [1.807, 2.05) is 54.8 Å². The predicted octanol–water partition coefficient (Wildman–Crippen LogP) is 4.51. The molecule has 2 aromatic rings. The first-order valence-electron chi connectivity index (χ1n) is 7.05. The summed E-state index contributed by atoms with van der Waals surface area (Å²) in [6, 6.07) is 15.9. The maximum Gasteiger partial charge on any atom is 0.180 e. The first-order chi connectivity index (χ1) is 10.8. The molecule has 1 aliphatic rings. The number of rotatable bonds is 5. The Balaban J connectivity index is 1.94. The van der Waals surface area contributed by atoms with E-state index >= 15 is 0 Å². The number of methoxy groups -OCH3 is 1. The van der Waals surface area contributed by atoms with Gasteiger partial charge in [-0.3, -0.25) is 0 Å². The normalized spacial score (nSPS) is 16.3. The highest BCUT2D eigenvalue weighted by molar-refractivity contribution is 7.98. The fourth-order valence-corrected chi connectivity index (χ4v) is 2.63. The van der Waals surface area contributed by atoms with Gasteiger partial charge in [0.2, 0.25) is 0 Å². The predicted molar refractivity (Wildman–Crippen MR) is 90.2 cm³/mol. The molecule has 1 aliphatic heterocycles. The van der Waals surface area contributed by atoms with E-state index in [2.05, 4.69) is 6.08 Å².